The monoisotopic (exact) mass is 428 g/mol. The molecule has 162 valence electrons. The summed E-state index contributed by atoms with van der Waals surface area (Å²) in [7, 11) is -3.40. The zero-order chi connectivity index (χ0) is 21.0. The Morgan fingerprint density at radius 1 is 1.31 bits per heavy atom. The van der Waals surface area contributed by atoms with Crippen molar-refractivity contribution in [3.8, 4) is 0 Å². The number of rotatable bonds is 6. The van der Waals surface area contributed by atoms with Gasteiger partial charge >= 0.3 is 6.03 Å². The highest BCUT2D eigenvalue weighted by Crippen LogP contribution is 2.20. The van der Waals surface area contributed by atoms with Gasteiger partial charge in [-0.05, 0) is 31.0 Å². The molecule has 3 rings (SSSR count). The van der Waals surface area contributed by atoms with E-state index in [9.17, 15) is 17.6 Å². The lowest BCUT2D eigenvalue weighted by atomic mass is 10.2. The molecule has 0 saturated carbocycles. The second-order valence-corrected chi connectivity index (χ2v) is 9.55. The lowest BCUT2D eigenvalue weighted by Crippen LogP contribution is -2.47. The minimum atomic E-state index is -3.40. The standard InChI is InChI=1S/C19H29FN4O4S/c1-15-3-4-16(13-18(15)20)21-19(25)23-6-5-17(14-23)24(29(2,26)27)8-7-22-9-11-28-12-10-22/h3-4,13,17H,5-12,14H2,1-2H3,(H,21,25)/t17-/m0/s1. The molecule has 2 amide bonds. The lowest BCUT2D eigenvalue weighted by Gasteiger charge is -2.31. The van der Waals surface area contributed by atoms with E-state index in [1.54, 1.807) is 24.0 Å². The van der Waals surface area contributed by atoms with Crippen molar-refractivity contribution in [2.24, 2.45) is 0 Å². The highest BCUT2D eigenvalue weighted by molar-refractivity contribution is 7.88. The Hall–Kier alpha value is -1.75. The van der Waals surface area contributed by atoms with E-state index in [1.165, 1.54) is 16.6 Å². The molecule has 2 heterocycles. The number of morpholine rings is 1. The van der Waals surface area contributed by atoms with Gasteiger partial charge in [0.15, 0.2) is 0 Å². The Bertz CT molecular complexity index is 829. The Kier molecular flexibility index (Phi) is 7.10. The van der Waals surface area contributed by atoms with E-state index in [0.29, 0.717) is 57.1 Å². The van der Waals surface area contributed by atoms with Crippen molar-refractivity contribution in [3.05, 3.63) is 29.6 Å². The van der Waals surface area contributed by atoms with Crippen LogP contribution in [0.3, 0.4) is 0 Å². The van der Waals surface area contributed by atoms with Crippen LogP contribution < -0.4 is 5.32 Å². The molecule has 0 bridgehead atoms. The number of likely N-dealkylation sites (tertiary alicyclic amines) is 1. The molecule has 2 fully saturated rings. The van der Waals surface area contributed by atoms with E-state index in [0.717, 1.165) is 13.1 Å². The number of amides is 2. The van der Waals surface area contributed by atoms with Crippen LogP contribution in [0.15, 0.2) is 18.2 Å². The van der Waals surface area contributed by atoms with E-state index in [-0.39, 0.29) is 17.9 Å². The normalized spacial score (nSPS) is 21.0. The van der Waals surface area contributed by atoms with Crippen molar-refractivity contribution >= 4 is 21.7 Å². The third-order valence-electron chi connectivity index (χ3n) is 5.45. The average molecular weight is 429 g/mol. The number of halogens is 1. The molecule has 1 aromatic rings. The summed E-state index contributed by atoms with van der Waals surface area (Å²) < 4.78 is 45.2. The molecule has 1 atom stereocenters. The van der Waals surface area contributed by atoms with E-state index in [4.69, 9.17) is 4.74 Å². The number of benzene rings is 1. The summed E-state index contributed by atoms with van der Waals surface area (Å²) in [5, 5.41) is 2.69. The highest BCUT2D eigenvalue weighted by Gasteiger charge is 2.35. The Morgan fingerprint density at radius 2 is 2.03 bits per heavy atom. The summed E-state index contributed by atoms with van der Waals surface area (Å²) in [6.07, 6.45) is 1.79. The lowest BCUT2D eigenvalue weighted by molar-refractivity contribution is 0.0354. The van der Waals surface area contributed by atoms with Gasteiger partial charge in [-0.25, -0.2) is 17.6 Å². The number of aryl methyl sites for hydroxylation is 1. The van der Waals surface area contributed by atoms with Crippen LogP contribution in [0.25, 0.3) is 0 Å². The number of hydrogen-bond donors (Lipinski definition) is 1. The summed E-state index contributed by atoms with van der Waals surface area (Å²) in [4.78, 5) is 16.3. The predicted molar refractivity (Wildman–Crippen MR) is 109 cm³/mol. The van der Waals surface area contributed by atoms with Gasteiger partial charge in [0.25, 0.3) is 0 Å². The summed E-state index contributed by atoms with van der Waals surface area (Å²) in [5.41, 5.74) is 0.891. The molecule has 0 spiro atoms. The maximum atomic E-state index is 13.7. The van der Waals surface area contributed by atoms with Gasteiger partial charge in [0, 0.05) is 51.0 Å². The fourth-order valence-electron chi connectivity index (χ4n) is 3.72. The Labute approximate surface area is 171 Å². The fraction of sp³-hybridized carbons (Fsp3) is 0.632. The first-order chi connectivity index (χ1) is 13.7. The van der Waals surface area contributed by atoms with Gasteiger partial charge in [0.2, 0.25) is 10.0 Å². The van der Waals surface area contributed by atoms with E-state index in [2.05, 4.69) is 10.2 Å². The molecule has 0 unspecified atom stereocenters. The third kappa shape index (κ3) is 5.88. The van der Waals surface area contributed by atoms with Crippen molar-refractivity contribution in [1.82, 2.24) is 14.1 Å². The highest BCUT2D eigenvalue weighted by atomic mass is 32.2. The number of carbonyl (C=O) groups excluding carboxylic acids is 1. The fourth-order valence-corrected chi connectivity index (χ4v) is 4.85. The molecule has 2 saturated heterocycles. The van der Waals surface area contributed by atoms with Crippen LogP contribution in [0, 0.1) is 12.7 Å². The smallest absolute Gasteiger partial charge is 0.321 e. The van der Waals surface area contributed by atoms with E-state index in [1.807, 2.05) is 0 Å². The number of sulfonamides is 1. The van der Waals surface area contributed by atoms with E-state index < -0.39 is 10.0 Å². The Balaban J connectivity index is 1.58. The zero-order valence-electron chi connectivity index (χ0n) is 16.9. The maximum absolute atomic E-state index is 13.7. The zero-order valence-corrected chi connectivity index (χ0v) is 17.8. The van der Waals surface area contributed by atoms with Crippen LogP contribution in [0.5, 0.6) is 0 Å². The number of hydrogen-bond acceptors (Lipinski definition) is 5. The van der Waals surface area contributed by atoms with Gasteiger partial charge in [-0.3, -0.25) is 4.90 Å². The number of nitrogens with one attached hydrogen (secondary N) is 1. The van der Waals surface area contributed by atoms with Crippen LogP contribution in [0.2, 0.25) is 0 Å². The Morgan fingerprint density at radius 3 is 2.69 bits per heavy atom. The van der Waals surface area contributed by atoms with Gasteiger partial charge in [-0.1, -0.05) is 6.07 Å². The van der Waals surface area contributed by atoms with Gasteiger partial charge < -0.3 is 15.0 Å². The van der Waals surface area contributed by atoms with Crippen LogP contribution >= 0.6 is 0 Å². The molecule has 29 heavy (non-hydrogen) atoms. The quantitative estimate of drug-likeness (QED) is 0.739. The first kappa shape index (κ1) is 21.9. The second-order valence-electron chi connectivity index (χ2n) is 7.61. The van der Waals surface area contributed by atoms with Crippen LogP contribution in [0.4, 0.5) is 14.9 Å². The molecule has 1 N–H and O–H groups in total. The van der Waals surface area contributed by atoms with Gasteiger partial charge in [0.1, 0.15) is 5.82 Å². The van der Waals surface area contributed by atoms with Gasteiger partial charge in [0.05, 0.1) is 19.5 Å². The molecule has 0 radical (unpaired) electrons. The van der Waals surface area contributed by atoms with Crippen LogP contribution in [-0.2, 0) is 14.8 Å². The van der Waals surface area contributed by atoms with Gasteiger partial charge in [-0.2, -0.15) is 4.31 Å². The number of nitrogens with zero attached hydrogens (tertiary/aromatic N) is 3. The average Bonchev–Trinajstić information content (AvgIpc) is 3.14. The summed E-state index contributed by atoms with van der Waals surface area (Å²) in [6.45, 7) is 6.37. The summed E-state index contributed by atoms with van der Waals surface area (Å²) in [6, 6.07) is 3.93. The molecule has 0 aromatic heterocycles. The van der Waals surface area contributed by atoms with Crippen molar-refractivity contribution in [1.29, 1.82) is 0 Å². The van der Waals surface area contributed by atoms with Crippen LogP contribution in [-0.4, -0.2) is 93.3 Å². The second kappa shape index (κ2) is 9.38. The number of carbonyl (C=O) groups is 1. The molecule has 8 nitrogen and oxygen atoms in total. The molecular formula is C19H29FN4O4S. The predicted octanol–water partition coefficient (Wildman–Crippen LogP) is 1.33. The van der Waals surface area contributed by atoms with E-state index >= 15 is 0 Å². The molecule has 10 heteroatoms. The number of urea groups is 1. The number of ether oxygens (including phenoxy) is 1. The van der Waals surface area contributed by atoms with Gasteiger partial charge in [-0.15, -0.1) is 0 Å². The molecular weight excluding hydrogens is 399 g/mol. The molecule has 0 aliphatic carbocycles. The third-order valence-corrected chi connectivity index (χ3v) is 6.78. The number of anilines is 1. The van der Waals surface area contributed by atoms with Crippen molar-refractivity contribution in [2.75, 3.05) is 64.1 Å². The molecule has 2 aliphatic rings. The maximum Gasteiger partial charge on any atom is 0.321 e. The topological polar surface area (TPSA) is 82.2 Å². The summed E-state index contributed by atoms with van der Waals surface area (Å²) in [5.74, 6) is -0.381. The first-order valence-corrected chi connectivity index (χ1v) is 11.7. The first-order valence-electron chi connectivity index (χ1n) is 9.83. The summed E-state index contributed by atoms with van der Waals surface area (Å²) >= 11 is 0. The van der Waals surface area contributed by atoms with Crippen molar-refractivity contribution < 1.29 is 22.3 Å². The molecule has 1 aromatic carbocycles. The van der Waals surface area contributed by atoms with Crippen LogP contribution in [0.1, 0.15) is 12.0 Å². The minimum absolute atomic E-state index is 0.258. The molecule has 2 aliphatic heterocycles. The van der Waals surface area contributed by atoms with Crippen molar-refractivity contribution in [2.45, 2.75) is 19.4 Å². The minimum Gasteiger partial charge on any atom is -0.379 e. The van der Waals surface area contributed by atoms with Crippen molar-refractivity contribution in [3.63, 3.8) is 0 Å². The largest absolute Gasteiger partial charge is 0.379 e. The SMILES string of the molecule is Cc1ccc(NC(=O)N2CC[C@H](N(CCN3CCOCC3)S(C)(=O)=O)C2)cc1F.